The minimum atomic E-state index is -0.954. The monoisotopic (exact) mass is 365 g/mol. The van der Waals surface area contributed by atoms with Gasteiger partial charge in [0.25, 0.3) is 5.91 Å². The van der Waals surface area contributed by atoms with Gasteiger partial charge in [-0.1, -0.05) is 35.9 Å². The van der Waals surface area contributed by atoms with Crippen molar-refractivity contribution < 1.29 is 18.7 Å². The van der Waals surface area contributed by atoms with Crippen LogP contribution >= 0.6 is 0 Å². The largest absolute Gasteiger partial charge is 0.449 e. The molecular formula is C22H23NO4. The molecule has 0 spiro atoms. The first-order valence-electron chi connectivity index (χ1n) is 8.85. The number of rotatable bonds is 4. The molecule has 140 valence electrons. The average Bonchev–Trinajstić information content (AvgIpc) is 2.95. The molecule has 0 aliphatic rings. The van der Waals surface area contributed by atoms with Gasteiger partial charge < -0.3 is 14.5 Å². The lowest BCUT2D eigenvalue weighted by molar-refractivity contribution is -0.123. The van der Waals surface area contributed by atoms with E-state index in [0.717, 1.165) is 27.8 Å². The van der Waals surface area contributed by atoms with Crippen LogP contribution in [-0.2, 0) is 9.53 Å². The van der Waals surface area contributed by atoms with Gasteiger partial charge in [-0.2, -0.15) is 0 Å². The third-order valence-electron chi connectivity index (χ3n) is 4.61. The molecular weight excluding hydrogens is 342 g/mol. The van der Waals surface area contributed by atoms with E-state index in [4.69, 9.17) is 9.15 Å². The summed E-state index contributed by atoms with van der Waals surface area (Å²) in [7, 11) is 0. The second kappa shape index (κ2) is 7.27. The van der Waals surface area contributed by atoms with Crippen molar-refractivity contribution in [2.45, 2.75) is 40.7 Å². The Hall–Kier alpha value is -3.08. The van der Waals surface area contributed by atoms with Crippen molar-refractivity contribution in [2.75, 3.05) is 5.32 Å². The fourth-order valence-electron chi connectivity index (χ4n) is 3.24. The van der Waals surface area contributed by atoms with Crippen LogP contribution in [0.1, 0.15) is 39.7 Å². The number of hydrogen-bond acceptors (Lipinski definition) is 4. The number of anilines is 1. The van der Waals surface area contributed by atoms with Crippen LogP contribution in [0, 0.1) is 27.7 Å². The van der Waals surface area contributed by atoms with Gasteiger partial charge in [0.15, 0.2) is 6.10 Å². The zero-order chi connectivity index (χ0) is 19.7. The summed E-state index contributed by atoms with van der Waals surface area (Å²) in [5.41, 5.74) is 5.12. The quantitative estimate of drug-likeness (QED) is 0.671. The number of benzene rings is 2. The summed E-state index contributed by atoms with van der Waals surface area (Å²) in [4.78, 5) is 25.0. The number of carbonyl (C=O) groups is 2. The number of ether oxygens (including phenoxy) is 1. The van der Waals surface area contributed by atoms with Crippen LogP contribution in [0.3, 0.4) is 0 Å². The van der Waals surface area contributed by atoms with Gasteiger partial charge in [-0.3, -0.25) is 4.79 Å². The Bertz CT molecular complexity index is 1010. The van der Waals surface area contributed by atoms with Gasteiger partial charge in [0.2, 0.25) is 5.76 Å². The van der Waals surface area contributed by atoms with Crippen LogP contribution in [0.15, 0.2) is 40.8 Å². The highest BCUT2D eigenvalue weighted by atomic mass is 16.6. The lowest BCUT2D eigenvalue weighted by Gasteiger charge is -2.16. The Morgan fingerprint density at radius 1 is 1.04 bits per heavy atom. The fourth-order valence-corrected chi connectivity index (χ4v) is 3.24. The lowest BCUT2D eigenvalue weighted by Crippen LogP contribution is -2.30. The van der Waals surface area contributed by atoms with Crippen molar-refractivity contribution in [3.05, 3.63) is 64.4 Å². The van der Waals surface area contributed by atoms with E-state index in [1.54, 1.807) is 19.9 Å². The Morgan fingerprint density at radius 3 is 2.30 bits per heavy atom. The van der Waals surface area contributed by atoms with Crippen molar-refractivity contribution in [1.29, 1.82) is 0 Å². The van der Waals surface area contributed by atoms with Crippen LogP contribution in [0.4, 0.5) is 5.69 Å². The van der Waals surface area contributed by atoms with E-state index < -0.39 is 12.1 Å². The molecule has 0 fully saturated rings. The number of amides is 1. The zero-order valence-electron chi connectivity index (χ0n) is 16.2. The standard InChI is InChI=1S/C22H23NO4/c1-12-10-13(2)19(14(3)11-12)23-21(24)16(5)26-22(25)20-15(4)17-8-6-7-9-18(17)27-20/h6-11,16H,1-5H3,(H,23,24)/t16-/m1/s1. The first kappa shape index (κ1) is 18.7. The van der Waals surface area contributed by atoms with Crippen molar-refractivity contribution in [3.63, 3.8) is 0 Å². The van der Waals surface area contributed by atoms with Gasteiger partial charge in [0, 0.05) is 16.6 Å². The van der Waals surface area contributed by atoms with Crippen LogP contribution < -0.4 is 5.32 Å². The molecule has 0 radical (unpaired) electrons. The molecule has 0 aliphatic carbocycles. The Labute approximate surface area is 158 Å². The summed E-state index contributed by atoms with van der Waals surface area (Å²) >= 11 is 0. The molecule has 3 rings (SSSR count). The summed E-state index contributed by atoms with van der Waals surface area (Å²) in [6.45, 7) is 9.22. The minimum absolute atomic E-state index is 0.124. The summed E-state index contributed by atoms with van der Waals surface area (Å²) in [5, 5.41) is 3.71. The average molecular weight is 365 g/mol. The smallest absolute Gasteiger partial charge is 0.375 e. The number of fused-ring (bicyclic) bond motifs is 1. The second-order valence-corrected chi connectivity index (χ2v) is 6.86. The van der Waals surface area contributed by atoms with Crippen molar-refractivity contribution in [1.82, 2.24) is 0 Å². The number of hydrogen-bond donors (Lipinski definition) is 1. The Balaban J connectivity index is 1.74. The molecule has 0 bridgehead atoms. The highest BCUT2D eigenvalue weighted by molar-refractivity contribution is 6.00. The minimum Gasteiger partial charge on any atom is -0.449 e. The molecule has 1 N–H and O–H groups in total. The van der Waals surface area contributed by atoms with Gasteiger partial charge in [-0.25, -0.2) is 4.79 Å². The van der Waals surface area contributed by atoms with Crippen molar-refractivity contribution in [2.24, 2.45) is 0 Å². The first-order valence-corrected chi connectivity index (χ1v) is 8.85. The molecule has 0 saturated carbocycles. The molecule has 1 amide bonds. The van der Waals surface area contributed by atoms with Crippen LogP contribution in [0.25, 0.3) is 11.0 Å². The van der Waals surface area contributed by atoms with E-state index in [9.17, 15) is 9.59 Å². The number of para-hydroxylation sites is 1. The van der Waals surface area contributed by atoms with E-state index in [1.165, 1.54) is 0 Å². The SMILES string of the molecule is Cc1cc(C)c(NC(=O)[C@@H](C)OC(=O)c2oc3ccccc3c2C)c(C)c1. The van der Waals surface area contributed by atoms with Crippen LogP contribution in [0.2, 0.25) is 0 Å². The van der Waals surface area contributed by atoms with Gasteiger partial charge in [0.1, 0.15) is 5.58 Å². The van der Waals surface area contributed by atoms with Gasteiger partial charge in [0.05, 0.1) is 0 Å². The normalized spacial score (nSPS) is 12.0. The maximum absolute atomic E-state index is 12.5. The van der Waals surface area contributed by atoms with Gasteiger partial charge >= 0.3 is 5.97 Å². The predicted molar refractivity (Wildman–Crippen MR) is 105 cm³/mol. The number of furan rings is 1. The highest BCUT2D eigenvalue weighted by Gasteiger charge is 2.24. The third-order valence-corrected chi connectivity index (χ3v) is 4.61. The zero-order valence-corrected chi connectivity index (χ0v) is 16.2. The molecule has 0 aliphatic heterocycles. The maximum atomic E-state index is 12.5. The third kappa shape index (κ3) is 3.72. The van der Waals surface area contributed by atoms with Crippen LogP contribution in [0.5, 0.6) is 0 Å². The molecule has 1 atom stereocenters. The van der Waals surface area contributed by atoms with Crippen molar-refractivity contribution >= 4 is 28.5 Å². The van der Waals surface area contributed by atoms with E-state index in [1.807, 2.05) is 51.1 Å². The molecule has 5 heteroatoms. The molecule has 1 aromatic heterocycles. The topological polar surface area (TPSA) is 68.5 Å². The molecule has 2 aromatic carbocycles. The van der Waals surface area contributed by atoms with E-state index in [-0.39, 0.29) is 11.7 Å². The number of aryl methyl sites for hydroxylation is 4. The van der Waals surface area contributed by atoms with E-state index >= 15 is 0 Å². The number of nitrogens with one attached hydrogen (secondary N) is 1. The van der Waals surface area contributed by atoms with E-state index in [2.05, 4.69) is 5.32 Å². The molecule has 27 heavy (non-hydrogen) atoms. The van der Waals surface area contributed by atoms with Gasteiger partial charge in [-0.15, -0.1) is 0 Å². The second-order valence-electron chi connectivity index (χ2n) is 6.86. The first-order chi connectivity index (χ1) is 12.8. The molecule has 5 nitrogen and oxygen atoms in total. The molecule has 3 aromatic rings. The summed E-state index contributed by atoms with van der Waals surface area (Å²) in [5.74, 6) is -0.908. The number of esters is 1. The summed E-state index contributed by atoms with van der Waals surface area (Å²) < 4.78 is 10.9. The fraction of sp³-hybridized carbons (Fsp3) is 0.273. The maximum Gasteiger partial charge on any atom is 0.375 e. The van der Waals surface area contributed by atoms with Crippen LogP contribution in [-0.4, -0.2) is 18.0 Å². The van der Waals surface area contributed by atoms with E-state index in [0.29, 0.717) is 11.1 Å². The molecule has 1 heterocycles. The van der Waals surface area contributed by atoms with Gasteiger partial charge in [-0.05, 0) is 51.8 Å². The summed E-state index contributed by atoms with van der Waals surface area (Å²) in [6, 6.07) is 11.4. The Morgan fingerprint density at radius 2 is 1.67 bits per heavy atom. The highest BCUT2D eigenvalue weighted by Crippen LogP contribution is 2.26. The number of carbonyl (C=O) groups excluding carboxylic acids is 2. The lowest BCUT2D eigenvalue weighted by atomic mass is 10.0. The summed E-state index contributed by atoms with van der Waals surface area (Å²) in [6.07, 6.45) is -0.954. The molecule has 0 saturated heterocycles. The Kier molecular flexibility index (Phi) is 5.04. The molecule has 0 unspecified atom stereocenters. The van der Waals surface area contributed by atoms with Crippen molar-refractivity contribution in [3.8, 4) is 0 Å². The predicted octanol–water partition coefficient (Wildman–Crippen LogP) is 4.85.